The number of hydrogen-bond acceptors (Lipinski definition) is 2. The molecule has 2 nitrogen and oxygen atoms in total. The summed E-state index contributed by atoms with van der Waals surface area (Å²) in [5.74, 6) is 1.07. The first-order chi connectivity index (χ1) is 5.47. The van der Waals surface area contributed by atoms with Gasteiger partial charge in [-0.3, -0.25) is 0 Å². The molecule has 2 heterocycles. The molecule has 0 unspecified atom stereocenters. The normalized spacial score (nSPS) is 15.8. The van der Waals surface area contributed by atoms with Crippen LogP contribution in [0.3, 0.4) is 0 Å². The smallest absolute Gasteiger partial charge is 0.409 e. The van der Waals surface area contributed by atoms with Gasteiger partial charge in [0.05, 0.1) is 0 Å². The molecule has 1 fully saturated rings. The van der Waals surface area contributed by atoms with Gasteiger partial charge in [-0.15, -0.1) is 6.07 Å². The molecule has 1 aliphatic rings. The Bertz CT molecular complexity index is 219. The van der Waals surface area contributed by atoms with Gasteiger partial charge in [-0.2, -0.15) is 12.1 Å². The van der Waals surface area contributed by atoms with Crippen molar-refractivity contribution in [2.45, 2.75) is 12.8 Å². The van der Waals surface area contributed by atoms with Gasteiger partial charge in [0.15, 0.2) is 0 Å². The Morgan fingerprint density at radius 3 is 2.67 bits per heavy atom. The van der Waals surface area contributed by atoms with Crippen LogP contribution in [-0.2, 0) is 0 Å². The van der Waals surface area contributed by atoms with Gasteiger partial charge in [-0.05, 0) is 12.8 Å². The van der Waals surface area contributed by atoms with Crippen molar-refractivity contribution in [3.8, 4) is 0 Å². The molecule has 0 aliphatic carbocycles. The van der Waals surface area contributed by atoms with E-state index in [1.54, 1.807) is 0 Å². The van der Waals surface area contributed by atoms with Crippen molar-refractivity contribution >= 4 is 5.82 Å². The van der Waals surface area contributed by atoms with Crippen molar-refractivity contribution in [2.75, 3.05) is 18.0 Å². The number of pyridine rings is 1. The first-order valence-corrected chi connectivity index (χ1v) is 4.05. The maximum absolute atomic E-state index is 4.16. The van der Waals surface area contributed by atoms with Crippen molar-refractivity contribution < 1.29 is 51.4 Å². The fourth-order valence-corrected chi connectivity index (χ4v) is 1.44. The minimum Gasteiger partial charge on any atom is -0.409 e. The zero-order chi connectivity index (χ0) is 7.52. The Kier molecular flexibility index (Phi) is 4.75. The third kappa shape index (κ3) is 2.54. The van der Waals surface area contributed by atoms with E-state index >= 15 is 0 Å². The quantitative estimate of drug-likeness (QED) is 0.391. The van der Waals surface area contributed by atoms with Crippen LogP contribution in [0.1, 0.15) is 12.8 Å². The predicted molar refractivity (Wildman–Crippen MR) is 44.5 cm³/mol. The summed E-state index contributed by atoms with van der Waals surface area (Å²) in [5.41, 5.74) is 0. The summed E-state index contributed by atoms with van der Waals surface area (Å²) >= 11 is 0. The first kappa shape index (κ1) is 10.7. The summed E-state index contributed by atoms with van der Waals surface area (Å²) in [6.07, 6.45) is 5.45. The Morgan fingerprint density at radius 1 is 1.33 bits per heavy atom. The largest absolute Gasteiger partial charge is 1.00 e. The SMILES string of the molecule is [K+].[c-]1cccc(N2CCCC2)n1. The van der Waals surface area contributed by atoms with Crippen LogP contribution in [0.25, 0.3) is 0 Å². The number of nitrogens with zero attached hydrogens (tertiary/aromatic N) is 2. The van der Waals surface area contributed by atoms with E-state index in [-0.39, 0.29) is 51.4 Å². The summed E-state index contributed by atoms with van der Waals surface area (Å²) in [4.78, 5) is 6.46. The Labute approximate surface area is 116 Å². The van der Waals surface area contributed by atoms with E-state index in [0.29, 0.717) is 0 Å². The molecule has 1 aromatic rings. The van der Waals surface area contributed by atoms with Crippen LogP contribution in [0, 0.1) is 6.20 Å². The van der Waals surface area contributed by atoms with Crippen molar-refractivity contribution in [1.29, 1.82) is 0 Å². The van der Waals surface area contributed by atoms with E-state index < -0.39 is 0 Å². The summed E-state index contributed by atoms with van der Waals surface area (Å²) in [7, 11) is 0. The monoisotopic (exact) mass is 186 g/mol. The molecule has 3 heteroatoms. The van der Waals surface area contributed by atoms with Gasteiger partial charge in [0.1, 0.15) is 0 Å². The van der Waals surface area contributed by atoms with Gasteiger partial charge < -0.3 is 9.88 Å². The third-order valence-electron chi connectivity index (χ3n) is 2.03. The number of aromatic nitrogens is 1. The second kappa shape index (κ2) is 5.35. The molecule has 0 N–H and O–H groups in total. The summed E-state index contributed by atoms with van der Waals surface area (Å²) < 4.78 is 0. The van der Waals surface area contributed by atoms with E-state index in [2.05, 4.69) is 16.1 Å². The van der Waals surface area contributed by atoms with Crippen LogP contribution in [0.2, 0.25) is 0 Å². The van der Waals surface area contributed by atoms with Gasteiger partial charge in [0.2, 0.25) is 0 Å². The molecule has 0 amide bonds. The molecule has 1 aromatic heterocycles. The maximum atomic E-state index is 4.16. The van der Waals surface area contributed by atoms with Crippen molar-refractivity contribution in [3.05, 3.63) is 24.4 Å². The molecular formula is C9H11KN2. The Morgan fingerprint density at radius 2 is 2.08 bits per heavy atom. The zero-order valence-corrected chi connectivity index (χ0v) is 10.6. The van der Waals surface area contributed by atoms with E-state index in [4.69, 9.17) is 0 Å². The molecule has 0 saturated carbocycles. The summed E-state index contributed by atoms with van der Waals surface area (Å²) in [6.45, 7) is 2.32. The number of rotatable bonds is 1. The van der Waals surface area contributed by atoms with Crippen LogP contribution in [0.5, 0.6) is 0 Å². The Hall–Kier alpha value is 0.586. The predicted octanol–water partition coefficient (Wildman–Crippen LogP) is -1.51. The van der Waals surface area contributed by atoms with Crippen LogP contribution < -0.4 is 56.3 Å². The molecule has 1 saturated heterocycles. The second-order valence-electron chi connectivity index (χ2n) is 2.82. The maximum Gasteiger partial charge on any atom is 1.00 e. The summed E-state index contributed by atoms with van der Waals surface area (Å²) in [6, 6.07) is 5.86. The molecule has 0 aromatic carbocycles. The molecule has 0 atom stereocenters. The van der Waals surface area contributed by atoms with Crippen LogP contribution in [0.15, 0.2) is 18.2 Å². The van der Waals surface area contributed by atoms with Gasteiger partial charge >= 0.3 is 51.4 Å². The van der Waals surface area contributed by atoms with E-state index in [1.165, 1.54) is 12.8 Å². The number of anilines is 1. The third-order valence-corrected chi connectivity index (χ3v) is 2.03. The molecule has 0 bridgehead atoms. The molecule has 2 rings (SSSR count). The zero-order valence-electron chi connectivity index (χ0n) is 7.45. The molecule has 0 radical (unpaired) electrons. The van der Waals surface area contributed by atoms with Gasteiger partial charge in [0.25, 0.3) is 0 Å². The average Bonchev–Trinajstić information content (AvgIpc) is 2.58. The fourth-order valence-electron chi connectivity index (χ4n) is 1.44. The van der Waals surface area contributed by atoms with Crippen LogP contribution in [-0.4, -0.2) is 18.1 Å². The Balaban J connectivity index is 0.000000720. The average molecular weight is 186 g/mol. The van der Waals surface area contributed by atoms with Crippen LogP contribution >= 0.6 is 0 Å². The molecule has 58 valence electrons. The molecular weight excluding hydrogens is 175 g/mol. The van der Waals surface area contributed by atoms with E-state index in [0.717, 1.165) is 18.9 Å². The minimum absolute atomic E-state index is 0. The van der Waals surface area contributed by atoms with E-state index in [1.807, 2.05) is 18.2 Å². The minimum atomic E-state index is 0. The van der Waals surface area contributed by atoms with Gasteiger partial charge in [0, 0.05) is 18.9 Å². The fraction of sp³-hybridized carbons (Fsp3) is 0.444. The summed E-state index contributed by atoms with van der Waals surface area (Å²) in [5, 5.41) is 0. The van der Waals surface area contributed by atoms with Crippen molar-refractivity contribution in [2.24, 2.45) is 0 Å². The first-order valence-electron chi connectivity index (χ1n) is 4.05. The topological polar surface area (TPSA) is 16.1 Å². The molecule has 12 heavy (non-hydrogen) atoms. The van der Waals surface area contributed by atoms with Crippen molar-refractivity contribution in [1.82, 2.24) is 4.98 Å². The van der Waals surface area contributed by atoms with Crippen LogP contribution in [0.4, 0.5) is 5.82 Å². The van der Waals surface area contributed by atoms with E-state index in [9.17, 15) is 0 Å². The number of hydrogen-bond donors (Lipinski definition) is 0. The van der Waals surface area contributed by atoms with Crippen molar-refractivity contribution in [3.63, 3.8) is 0 Å². The molecule has 0 spiro atoms. The second-order valence-corrected chi connectivity index (χ2v) is 2.82. The molecule has 1 aliphatic heterocycles. The van der Waals surface area contributed by atoms with Gasteiger partial charge in [-0.1, -0.05) is 6.20 Å². The standard InChI is InChI=1S/C9H11N2.K/c1-2-6-10-9(5-1)11-7-3-4-8-11;/h1-2,5H,3-4,7-8H2;/q-1;+1. The van der Waals surface area contributed by atoms with Gasteiger partial charge in [-0.25, -0.2) is 0 Å².